The van der Waals surface area contributed by atoms with E-state index in [0.29, 0.717) is 18.6 Å². The minimum absolute atomic E-state index is 0.350. The zero-order valence-electron chi connectivity index (χ0n) is 7.55. The molecular weight excluding hydrogens is 162 g/mol. The highest BCUT2D eigenvalue weighted by atomic mass is 16.1. The lowest BCUT2D eigenvalue weighted by atomic mass is 10.0. The van der Waals surface area contributed by atoms with Gasteiger partial charge in [0.15, 0.2) is 0 Å². The number of benzene rings is 1. The Morgan fingerprint density at radius 3 is 2.85 bits per heavy atom. The molecule has 0 bridgehead atoms. The Kier molecular flexibility index (Phi) is 2.05. The smallest absolute Gasteiger partial charge is 0.137 e. The van der Waals surface area contributed by atoms with Crippen LogP contribution >= 0.6 is 0 Å². The number of hydrogen-bond donors (Lipinski definition) is 1. The molecule has 1 aromatic rings. The Balaban J connectivity index is 2.40. The second-order valence-corrected chi connectivity index (χ2v) is 3.60. The van der Waals surface area contributed by atoms with Gasteiger partial charge in [0.1, 0.15) is 5.78 Å². The van der Waals surface area contributed by atoms with Crippen LogP contribution in [-0.4, -0.2) is 5.78 Å². The molecule has 1 aliphatic carbocycles. The molecule has 0 aliphatic heterocycles. The first-order valence-electron chi connectivity index (χ1n) is 4.65. The monoisotopic (exact) mass is 175 g/mol. The van der Waals surface area contributed by atoms with E-state index in [9.17, 15) is 4.79 Å². The number of hydrogen-bond acceptors (Lipinski definition) is 2. The van der Waals surface area contributed by atoms with Crippen molar-refractivity contribution in [2.24, 2.45) is 0 Å². The summed E-state index contributed by atoms with van der Waals surface area (Å²) in [6.07, 6.45) is 3.27. The minimum atomic E-state index is 0.350. The van der Waals surface area contributed by atoms with Gasteiger partial charge in [0.25, 0.3) is 0 Å². The number of fused-ring (bicyclic) bond motifs is 1. The number of rotatable bonds is 0. The van der Waals surface area contributed by atoms with Gasteiger partial charge in [0.2, 0.25) is 0 Å². The van der Waals surface area contributed by atoms with Crippen LogP contribution in [0.3, 0.4) is 0 Å². The maximum atomic E-state index is 11.3. The molecule has 68 valence electrons. The average molecular weight is 175 g/mol. The fourth-order valence-electron chi connectivity index (χ4n) is 1.83. The van der Waals surface area contributed by atoms with E-state index in [1.807, 2.05) is 18.2 Å². The summed E-state index contributed by atoms with van der Waals surface area (Å²) in [4.78, 5) is 11.3. The van der Waals surface area contributed by atoms with Crippen LogP contribution in [0.15, 0.2) is 18.2 Å². The SMILES string of the molecule is Nc1ccc2c(c1)CCCC(=O)C2. The van der Waals surface area contributed by atoms with E-state index >= 15 is 0 Å². The Hall–Kier alpha value is -1.31. The van der Waals surface area contributed by atoms with E-state index in [0.717, 1.165) is 24.1 Å². The molecule has 2 nitrogen and oxygen atoms in total. The summed E-state index contributed by atoms with van der Waals surface area (Å²) >= 11 is 0. The highest BCUT2D eigenvalue weighted by molar-refractivity contribution is 5.82. The van der Waals surface area contributed by atoms with E-state index < -0.39 is 0 Å². The highest BCUT2D eigenvalue weighted by Crippen LogP contribution is 2.20. The van der Waals surface area contributed by atoms with Crippen molar-refractivity contribution in [1.82, 2.24) is 0 Å². The summed E-state index contributed by atoms with van der Waals surface area (Å²) in [5, 5.41) is 0. The van der Waals surface area contributed by atoms with Crippen LogP contribution in [0.5, 0.6) is 0 Å². The molecular formula is C11H13NO. The Bertz CT molecular complexity index is 344. The van der Waals surface area contributed by atoms with Crippen molar-refractivity contribution in [3.05, 3.63) is 29.3 Å². The second kappa shape index (κ2) is 3.21. The molecule has 2 N–H and O–H groups in total. The normalized spacial score (nSPS) is 16.5. The molecule has 2 rings (SSSR count). The third-order valence-electron chi connectivity index (χ3n) is 2.52. The number of Topliss-reactive ketones (excluding diaryl/α,β-unsaturated/α-hetero) is 1. The fraction of sp³-hybridized carbons (Fsp3) is 0.364. The zero-order valence-corrected chi connectivity index (χ0v) is 7.55. The van der Waals surface area contributed by atoms with Crippen molar-refractivity contribution in [2.45, 2.75) is 25.7 Å². The second-order valence-electron chi connectivity index (χ2n) is 3.60. The van der Waals surface area contributed by atoms with Gasteiger partial charge in [-0.15, -0.1) is 0 Å². The third kappa shape index (κ3) is 1.72. The molecule has 1 aromatic carbocycles. The number of nitrogen functional groups attached to an aromatic ring is 1. The lowest BCUT2D eigenvalue weighted by Crippen LogP contribution is -2.00. The molecule has 0 unspecified atom stereocenters. The van der Waals surface area contributed by atoms with Crippen molar-refractivity contribution in [3.63, 3.8) is 0 Å². The number of aryl methyl sites for hydroxylation is 1. The van der Waals surface area contributed by atoms with Gasteiger partial charge in [-0.2, -0.15) is 0 Å². The van der Waals surface area contributed by atoms with Gasteiger partial charge >= 0.3 is 0 Å². The van der Waals surface area contributed by atoms with Crippen LogP contribution in [0.2, 0.25) is 0 Å². The summed E-state index contributed by atoms with van der Waals surface area (Å²) in [7, 11) is 0. The van der Waals surface area contributed by atoms with Crippen LogP contribution in [-0.2, 0) is 17.6 Å². The molecule has 13 heavy (non-hydrogen) atoms. The van der Waals surface area contributed by atoms with E-state index in [2.05, 4.69) is 0 Å². The number of carbonyl (C=O) groups is 1. The third-order valence-corrected chi connectivity index (χ3v) is 2.52. The van der Waals surface area contributed by atoms with Crippen molar-refractivity contribution >= 4 is 11.5 Å². The van der Waals surface area contributed by atoms with Crippen molar-refractivity contribution in [2.75, 3.05) is 5.73 Å². The number of ketones is 1. The summed E-state index contributed by atoms with van der Waals surface area (Å²) in [5.74, 6) is 0.350. The maximum Gasteiger partial charge on any atom is 0.137 e. The maximum absolute atomic E-state index is 11.3. The van der Waals surface area contributed by atoms with E-state index in [-0.39, 0.29) is 0 Å². The molecule has 0 saturated heterocycles. The molecule has 0 radical (unpaired) electrons. The van der Waals surface area contributed by atoms with Crippen LogP contribution in [0, 0.1) is 0 Å². The molecule has 0 aromatic heterocycles. The summed E-state index contributed by atoms with van der Waals surface area (Å²) < 4.78 is 0. The van der Waals surface area contributed by atoms with Gasteiger partial charge in [0, 0.05) is 18.5 Å². The molecule has 2 heteroatoms. The van der Waals surface area contributed by atoms with Crippen molar-refractivity contribution < 1.29 is 4.79 Å². The first kappa shape index (κ1) is 8.30. The molecule has 0 saturated carbocycles. The van der Waals surface area contributed by atoms with Gasteiger partial charge < -0.3 is 5.73 Å². The van der Waals surface area contributed by atoms with Gasteiger partial charge in [-0.3, -0.25) is 4.79 Å². The quantitative estimate of drug-likeness (QED) is 0.482. The summed E-state index contributed by atoms with van der Waals surface area (Å²) in [6, 6.07) is 5.85. The zero-order chi connectivity index (χ0) is 9.26. The van der Waals surface area contributed by atoms with Crippen molar-refractivity contribution in [1.29, 1.82) is 0 Å². The van der Waals surface area contributed by atoms with Crippen LogP contribution < -0.4 is 5.73 Å². The topological polar surface area (TPSA) is 43.1 Å². The fourth-order valence-corrected chi connectivity index (χ4v) is 1.83. The van der Waals surface area contributed by atoms with Gasteiger partial charge in [-0.25, -0.2) is 0 Å². The first-order chi connectivity index (χ1) is 6.25. The van der Waals surface area contributed by atoms with Gasteiger partial charge in [-0.05, 0) is 36.1 Å². The first-order valence-corrected chi connectivity index (χ1v) is 4.65. The standard InChI is InChI=1S/C11H13NO/c12-10-5-4-9-7-11(13)3-1-2-8(9)6-10/h4-6H,1-3,7,12H2. The average Bonchev–Trinajstić information content (AvgIpc) is 2.25. The molecule has 0 amide bonds. The van der Waals surface area contributed by atoms with Gasteiger partial charge in [0.05, 0.1) is 0 Å². The largest absolute Gasteiger partial charge is 0.399 e. The van der Waals surface area contributed by atoms with E-state index in [4.69, 9.17) is 5.73 Å². The van der Waals surface area contributed by atoms with Crippen molar-refractivity contribution in [3.8, 4) is 0 Å². The lowest BCUT2D eigenvalue weighted by molar-refractivity contribution is -0.118. The number of nitrogens with two attached hydrogens (primary N) is 1. The van der Waals surface area contributed by atoms with E-state index in [1.54, 1.807) is 0 Å². The highest BCUT2D eigenvalue weighted by Gasteiger charge is 2.12. The summed E-state index contributed by atoms with van der Waals surface area (Å²) in [5.41, 5.74) is 8.90. The Morgan fingerprint density at radius 2 is 2.00 bits per heavy atom. The van der Waals surface area contributed by atoms with Crippen LogP contribution in [0.25, 0.3) is 0 Å². The molecule has 0 atom stereocenters. The molecule has 1 aliphatic rings. The van der Waals surface area contributed by atoms with Crippen LogP contribution in [0.4, 0.5) is 5.69 Å². The Morgan fingerprint density at radius 1 is 1.15 bits per heavy atom. The summed E-state index contributed by atoms with van der Waals surface area (Å²) in [6.45, 7) is 0. The minimum Gasteiger partial charge on any atom is -0.399 e. The molecule has 0 heterocycles. The predicted octanol–water partition coefficient (Wildman–Crippen LogP) is 1.72. The number of carbonyl (C=O) groups excluding carboxylic acids is 1. The van der Waals surface area contributed by atoms with Crippen LogP contribution in [0.1, 0.15) is 24.0 Å². The Labute approximate surface area is 77.8 Å². The predicted molar refractivity (Wildman–Crippen MR) is 52.5 cm³/mol. The van der Waals surface area contributed by atoms with E-state index in [1.165, 1.54) is 5.56 Å². The van der Waals surface area contributed by atoms with Gasteiger partial charge in [-0.1, -0.05) is 6.07 Å². The number of anilines is 1. The molecule has 0 spiro atoms. The molecule has 0 fully saturated rings. The lowest BCUT2D eigenvalue weighted by Gasteiger charge is -2.04.